The lowest BCUT2D eigenvalue weighted by molar-refractivity contribution is -0.113. The van der Waals surface area contributed by atoms with Crippen LogP contribution in [-0.4, -0.2) is 33.5 Å². The van der Waals surface area contributed by atoms with Gasteiger partial charge >= 0.3 is 0 Å². The first kappa shape index (κ1) is 22.3. The number of carbonyl (C=O) groups excluding carboxylic acids is 1. The van der Waals surface area contributed by atoms with E-state index in [9.17, 15) is 9.18 Å². The topological polar surface area (TPSA) is 78.3 Å². The van der Waals surface area contributed by atoms with Gasteiger partial charge in [-0.1, -0.05) is 42.1 Å². The second-order valence-corrected chi connectivity index (χ2v) is 7.80. The number of aromatic nitrogens is 3. The van der Waals surface area contributed by atoms with Gasteiger partial charge in [-0.2, -0.15) is 0 Å². The first-order chi connectivity index (χ1) is 16.1. The number of benzene rings is 3. The van der Waals surface area contributed by atoms with Crippen molar-refractivity contribution in [1.82, 2.24) is 14.8 Å². The lowest BCUT2D eigenvalue weighted by atomic mass is 10.3. The van der Waals surface area contributed by atoms with Crippen LogP contribution in [0.2, 0.25) is 0 Å². The first-order valence-electron chi connectivity index (χ1n) is 10.1. The number of thioether (sulfide) groups is 1. The van der Waals surface area contributed by atoms with Crippen molar-refractivity contribution in [2.24, 2.45) is 0 Å². The van der Waals surface area contributed by atoms with E-state index in [2.05, 4.69) is 15.5 Å². The van der Waals surface area contributed by atoms with Crippen molar-refractivity contribution in [2.75, 3.05) is 18.2 Å². The minimum absolute atomic E-state index is 0.0600. The minimum atomic E-state index is -0.432. The Hall–Kier alpha value is -3.85. The summed E-state index contributed by atoms with van der Waals surface area (Å²) in [6, 6.07) is 22.6. The van der Waals surface area contributed by atoms with E-state index in [1.54, 1.807) is 66.3 Å². The number of hydrogen-bond donors (Lipinski definition) is 1. The zero-order chi connectivity index (χ0) is 23.0. The molecule has 7 nitrogen and oxygen atoms in total. The molecule has 0 bridgehead atoms. The number of carbonyl (C=O) groups is 1. The van der Waals surface area contributed by atoms with E-state index in [1.165, 1.54) is 6.07 Å². The Kier molecular flexibility index (Phi) is 7.21. The molecular formula is C24H21FN4O3S. The largest absolute Gasteiger partial charge is 0.497 e. The molecule has 0 saturated heterocycles. The van der Waals surface area contributed by atoms with Gasteiger partial charge in [-0.25, -0.2) is 4.39 Å². The molecule has 0 radical (unpaired) electrons. The number of amides is 1. The molecule has 0 fully saturated rings. The van der Waals surface area contributed by atoms with Crippen LogP contribution in [0.3, 0.4) is 0 Å². The summed E-state index contributed by atoms with van der Waals surface area (Å²) in [5.74, 6) is 1.17. The first-order valence-corrected chi connectivity index (χ1v) is 11.1. The average Bonchev–Trinajstić information content (AvgIpc) is 3.25. The van der Waals surface area contributed by atoms with Crippen molar-refractivity contribution >= 4 is 23.4 Å². The highest BCUT2D eigenvalue weighted by atomic mass is 32.2. The van der Waals surface area contributed by atoms with Gasteiger partial charge < -0.3 is 14.8 Å². The van der Waals surface area contributed by atoms with Crippen LogP contribution >= 0.6 is 11.8 Å². The van der Waals surface area contributed by atoms with E-state index < -0.39 is 5.82 Å². The Morgan fingerprint density at radius 3 is 2.39 bits per heavy atom. The van der Waals surface area contributed by atoms with Crippen molar-refractivity contribution < 1.29 is 18.7 Å². The van der Waals surface area contributed by atoms with Crippen LogP contribution in [0.15, 0.2) is 84.0 Å². The number of halogens is 1. The Bertz CT molecular complexity index is 1220. The van der Waals surface area contributed by atoms with Crippen LogP contribution in [0.1, 0.15) is 5.82 Å². The number of para-hydroxylation sites is 2. The van der Waals surface area contributed by atoms with E-state index in [-0.39, 0.29) is 24.0 Å². The molecule has 0 aliphatic rings. The molecule has 168 valence electrons. The summed E-state index contributed by atoms with van der Waals surface area (Å²) in [5.41, 5.74) is 0.981. The molecular weight excluding hydrogens is 443 g/mol. The predicted octanol–water partition coefficient (Wildman–Crippen LogP) is 4.72. The van der Waals surface area contributed by atoms with Gasteiger partial charge in [0.1, 0.15) is 23.9 Å². The highest BCUT2D eigenvalue weighted by molar-refractivity contribution is 7.99. The standard InChI is InChI=1S/C24H21FN4O3S/c1-31-18-11-13-19(14-12-18)32-15-22-27-28-24(29(22)21-10-6-5-9-20(21)25)33-16-23(30)26-17-7-3-2-4-8-17/h2-14H,15-16H2,1H3,(H,26,30). The highest BCUT2D eigenvalue weighted by Crippen LogP contribution is 2.25. The lowest BCUT2D eigenvalue weighted by Crippen LogP contribution is -2.15. The van der Waals surface area contributed by atoms with Crippen LogP contribution in [0, 0.1) is 5.82 Å². The molecule has 1 heterocycles. The maximum Gasteiger partial charge on any atom is 0.234 e. The van der Waals surface area contributed by atoms with Gasteiger partial charge in [0.15, 0.2) is 11.0 Å². The Balaban J connectivity index is 1.52. The molecule has 0 atom stereocenters. The zero-order valence-electron chi connectivity index (χ0n) is 17.8. The van der Waals surface area contributed by atoms with Gasteiger partial charge in [-0.15, -0.1) is 10.2 Å². The molecule has 0 aliphatic heterocycles. The fourth-order valence-corrected chi connectivity index (χ4v) is 3.79. The molecule has 4 rings (SSSR count). The summed E-state index contributed by atoms with van der Waals surface area (Å²) in [7, 11) is 1.59. The second kappa shape index (κ2) is 10.6. The maximum absolute atomic E-state index is 14.6. The molecule has 1 N–H and O–H groups in total. The second-order valence-electron chi connectivity index (χ2n) is 6.85. The number of methoxy groups -OCH3 is 1. The third-order valence-corrected chi connectivity index (χ3v) is 5.54. The number of anilines is 1. The van der Waals surface area contributed by atoms with E-state index in [4.69, 9.17) is 9.47 Å². The number of rotatable bonds is 9. The summed E-state index contributed by atoms with van der Waals surface area (Å²) in [5, 5.41) is 11.6. The van der Waals surface area contributed by atoms with E-state index in [1.807, 2.05) is 18.2 Å². The summed E-state index contributed by atoms with van der Waals surface area (Å²) >= 11 is 1.16. The Morgan fingerprint density at radius 2 is 1.67 bits per heavy atom. The average molecular weight is 465 g/mol. The quantitative estimate of drug-likeness (QED) is 0.361. The number of nitrogens with zero attached hydrogens (tertiary/aromatic N) is 3. The SMILES string of the molecule is COc1ccc(OCc2nnc(SCC(=O)Nc3ccccc3)n2-c2ccccc2F)cc1. The van der Waals surface area contributed by atoms with Crippen molar-refractivity contribution in [3.05, 3.63) is 90.5 Å². The molecule has 0 aliphatic carbocycles. The van der Waals surface area contributed by atoms with E-state index in [0.29, 0.717) is 28.2 Å². The summed E-state index contributed by atoms with van der Waals surface area (Å²) < 4.78 is 27.2. The molecule has 33 heavy (non-hydrogen) atoms. The molecule has 1 amide bonds. The maximum atomic E-state index is 14.6. The number of ether oxygens (including phenoxy) is 2. The predicted molar refractivity (Wildman–Crippen MR) is 124 cm³/mol. The van der Waals surface area contributed by atoms with Crippen LogP contribution in [0.25, 0.3) is 5.69 Å². The smallest absolute Gasteiger partial charge is 0.234 e. The van der Waals surface area contributed by atoms with Crippen LogP contribution in [0.4, 0.5) is 10.1 Å². The third kappa shape index (κ3) is 5.69. The molecule has 1 aromatic heterocycles. The van der Waals surface area contributed by atoms with E-state index >= 15 is 0 Å². The molecule has 3 aromatic carbocycles. The number of nitrogens with one attached hydrogen (secondary N) is 1. The molecule has 0 unspecified atom stereocenters. The minimum Gasteiger partial charge on any atom is -0.497 e. The van der Waals surface area contributed by atoms with Crippen molar-refractivity contribution in [2.45, 2.75) is 11.8 Å². The highest BCUT2D eigenvalue weighted by Gasteiger charge is 2.19. The number of hydrogen-bond acceptors (Lipinski definition) is 6. The van der Waals surface area contributed by atoms with Crippen molar-refractivity contribution in [1.29, 1.82) is 0 Å². The zero-order valence-corrected chi connectivity index (χ0v) is 18.6. The van der Waals surface area contributed by atoms with Crippen LogP contribution in [0.5, 0.6) is 11.5 Å². The van der Waals surface area contributed by atoms with Crippen molar-refractivity contribution in [3.63, 3.8) is 0 Å². The van der Waals surface area contributed by atoms with Crippen LogP contribution < -0.4 is 14.8 Å². The fraction of sp³-hybridized carbons (Fsp3) is 0.125. The summed E-state index contributed by atoms with van der Waals surface area (Å²) in [6.07, 6.45) is 0. The van der Waals surface area contributed by atoms with Gasteiger partial charge in [0.2, 0.25) is 5.91 Å². The lowest BCUT2D eigenvalue weighted by Gasteiger charge is -2.12. The Morgan fingerprint density at radius 1 is 0.970 bits per heavy atom. The van der Waals surface area contributed by atoms with E-state index in [0.717, 1.165) is 11.8 Å². The molecule has 4 aromatic rings. The van der Waals surface area contributed by atoms with Gasteiger partial charge in [-0.3, -0.25) is 9.36 Å². The van der Waals surface area contributed by atoms with Crippen LogP contribution in [-0.2, 0) is 11.4 Å². The van der Waals surface area contributed by atoms with Crippen molar-refractivity contribution in [3.8, 4) is 17.2 Å². The fourth-order valence-electron chi connectivity index (χ4n) is 3.03. The Labute approximate surface area is 194 Å². The summed E-state index contributed by atoms with van der Waals surface area (Å²) in [4.78, 5) is 12.4. The van der Waals surface area contributed by atoms with Gasteiger partial charge in [0, 0.05) is 5.69 Å². The van der Waals surface area contributed by atoms with Gasteiger partial charge in [0.25, 0.3) is 0 Å². The molecule has 9 heteroatoms. The normalized spacial score (nSPS) is 10.6. The van der Waals surface area contributed by atoms with Gasteiger partial charge in [0.05, 0.1) is 18.6 Å². The van der Waals surface area contributed by atoms with Gasteiger partial charge in [-0.05, 0) is 48.5 Å². The third-order valence-electron chi connectivity index (χ3n) is 4.61. The molecule has 0 spiro atoms. The summed E-state index contributed by atoms with van der Waals surface area (Å²) in [6.45, 7) is 0.0600. The molecule has 0 saturated carbocycles. The monoisotopic (exact) mass is 464 g/mol.